The summed E-state index contributed by atoms with van der Waals surface area (Å²) in [6.45, 7) is 2.67. The fraction of sp³-hybridized carbons (Fsp3) is 0.333. The molecule has 0 amide bonds. The van der Waals surface area contributed by atoms with E-state index in [2.05, 4.69) is 45.4 Å². The summed E-state index contributed by atoms with van der Waals surface area (Å²) in [5, 5.41) is 8.09. The molecule has 4 rings (SSSR count). The lowest BCUT2D eigenvalue weighted by Crippen LogP contribution is -2.33. The molecule has 0 unspecified atom stereocenters. The van der Waals surface area contributed by atoms with Gasteiger partial charge in [0, 0.05) is 0 Å². The first-order chi connectivity index (χ1) is 12.8. The summed E-state index contributed by atoms with van der Waals surface area (Å²) in [6.07, 6.45) is 3.49. The van der Waals surface area contributed by atoms with E-state index in [-0.39, 0.29) is 11.7 Å². The molecule has 1 aliphatic rings. The van der Waals surface area contributed by atoms with Crippen molar-refractivity contribution in [3.05, 3.63) is 71.9 Å². The highest BCUT2D eigenvalue weighted by Crippen LogP contribution is 2.24. The lowest BCUT2D eigenvalue weighted by Gasteiger charge is -2.31. The van der Waals surface area contributed by atoms with Crippen LogP contribution in [-0.4, -0.2) is 28.2 Å². The van der Waals surface area contributed by atoms with Gasteiger partial charge in [-0.05, 0) is 56.0 Å². The highest BCUT2D eigenvalue weighted by atomic mass is 19.1. The van der Waals surface area contributed by atoms with Crippen molar-refractivity contribution in [3.8, 4) is 11.5 Å². The fourth-order valence-corrected chi connectivity index (χ4v) is 3.55. The minimum atomic E-state index is -0.343. The van der Waals surface area contributed by atoms with Crippen LogP contribution < -0.4 is 0 Å². The number of halogens is 1. The molecule has 0 saturated carbocycles. The van der Waals surface area contributed by atoms with E-state index in [0.29, 0.717) is 18.0 Å². The summed E-state index contributed by atoms with van der Waals surface area (Å²) in [5.41, 5.74) is 1.77. The Hall–Kier alpha value is -2.53. The molecule has 0 spiro atoms. The standard InChI is InChI=1S/C21H22FN3O/c22-19-9-5-4-8-18(19)21-24-23-20(26-21)15-25-12-10-17(11-13-25)14-16-6-2-1-3-7-16/h1-9,17H,10-15H2. The number of benzene rings is 2. The molecule has 0 N–H and O–H groups in total. The SMILES string of the molecule is Fc1ccccc1-c1nnc(CN2CCC(Cc3ccccc3)CC2)o1. The zero-order valence-electron chi connectivity index (χ0n) is 14.6. The van der Waals surface area contributed by atoms with E-state index in [4.69, 9.17) is 4.42 Å². The van der Waals surface area contributed by atoms with Crippen molar-refractivity contribution >= 4 is 0 Å². The Balaban J connectivity index is 1.32. The predicted octanol–water partition coefficient (Wildman–Crippen LogP) is 4.33. The third-order valence-electron chi connectivity index (χ3n) is 5.00. The first-order valence-electron chi connectivity index (χ1n) is 9.11. The average molecular weight is 351 g/mol. The highest BCUT2D eigenvalue weighted by molar-refractivity contribution is 5.53. The van der Waals surface area contributed by atoms with Crippen LogP contribution in [0, 0.1) is 11.7 Å². The first kappa shape index (κ1) is 16.9. The van der Waals surface area contributed by atoms with Crippen molar-refractivity contribution in [3.63, 3.8) is 0 Å². The van der Waals surface area contributed by atoms with Crippen molar-refractivity contribution in [2.75, 3.05) is 13.1 Å². The molecular weight excluding hydrogens is 329 g/mol. The lowest BCUT2D eigenvalue weighted by atomic mass is 9.90. The zero-order chi connectivity index (χ0) is 17.8. The minimum absolute atomic E-state index is 0.247. The Labute approximate surface area is 152 Å². The van der Waals surface area contributed by atoms with E-state index >= 15 is 0 Å². The quantitative estimate of drug-likeness (QED) is 0.686. The van der Waals surface area contributed by atoms with Crippen LogP contribution in [0.5, 0.6) is 0 Å². The second kappa shape index (κ2) is 7.79. The monoisotopic (exact) mass is 351 g/mol. The molecule has 1 saturated heterocycles. The van der Waals surface area contributed by atoms with Gasteiger partial charge in [-0.1, -0.05) is 42.5 Å². The zero-order valence-corrected chi connectivity index (χ0v) is 14.6. The van der Waals surface area contributed by atoms with Crippen LogP contribution >= 0.6 is 0 Å². The number of hydrogen-bond acceptors (Lipinski definition) is 4. The molecule has 26 heavy (non-hydrogen) atoms. The number of aromatic nitrogens is 2. The Morgan fingerprint density at radius 2 is 1.69 bits per heavy atom. The fourth-order valence-electron chi connectivity index (χ4n) is 3.55. The van der Waals surface area contributed by atoms with Crippen LogP contribution in [-0.2, 0) is 13.0 Å². The van der Waals surface area contributed by atoms with E-state index in [9.17, 15) is 4.39 Å². The van der Waals surface area contributed by atoms with Gasteiger partial charge in [0.15, 0.2) is 0 Å². The second-order valence-corrected chi connectivity index (χ2v) is 6.89. The van der Waals surface area contributed by atoms with Gasteiger partial charge in [-0.3, -0.25) is 4.90 Å². The maximum absolute atomic E-state index is 13.8. The maximum Gasteiger partial charge on any atom is 0.250 e. The van der Waals surface area contributed by atoms with Gasteiger partial charge in [0.1, 0.15) is 5.82 Å². The Kier molecular flexibility index (Phi) is 5.07. The number of rotatable bonds is 5. The van der Waals surface area contributed by atoms with Crippen molar-refractivity contribution in [2.24, 2.45) is 5.92 Å². The van der Waals surface area contributed by atoms with Gasteiger partial charge in [-0.15, -0.1) is 10.2 Å². The Morgan fingerprint density at radius 3 is 2.46 bits per heavy atom. The molecule has 3 aromatic rings. The topological polar surface area (TPSA) is 42.2 Å². The van der Waals surface area contributed by atoms with Crippen LogP contribution in [0.4, 0.5) is 4.39 Å². The van der Waals surface area contributed by atoms with Gasteiger partial charge in [-0.25, -0.2) is 4.39 Å². The normalized spacial score (nSPS) is 16.0. The van der Waals surface area contributed by atoms with Crippen LogP contribution in [0.3, 0.4) is 0 Å². The van der Waals surface area contributed by atoms with Gasteiger partial charge < -0.3 is 4.42 Å². The smallest absolute Gasteiger partial charge is 0.250 e. The molecular formula is C21H22FN3O. The van der Waals surface area contributed by atoms with E-state index < -0.39 is 0 Å². The summed E-state index contributed by atoms with van der Waals surface area (Å²) in [4.78, 5) is 2.33. The molecule has 4 nitrogen and oxygen atoms in total. The van der Waals surface area contributed by atoms with Crippen molar-refractivity contribution < 1.29 is 8.81 Å². The molecule has 2 aromatic carbocycles. The Bertz CT molecular complexity index is 841. The maximum atomic E-state index is 13.8. The molecule has 0 aliphatic carbocycles. The lowest BCUT2D eigenvalue weighted by molar-refractivity contribution is 0.164. The van der Waals surface area contributed by atoms with Crippen molar-refractivity contribution in [1.29, 1.82) is 0 Å². The van der Waals surface area contributed by atoms with Crippen molar-refractivity contribution in [1.82, 2.24) is 15.1 Å². The molecule has 1 aromatic heterocycles. The van der Waals surface area contributed by atoms with E-state index in [0.717, 1.165) is 25.4 Å². The molecule has 0 atom stereocenters. The number of nitrogens with zero attached hydrogens (tertiary/aromatic N) is 3. The van der Waals surface area contributed by atoms with Crippen LogP contribution in [0.2, 0.25) is 0 Å². The first-order valence-corrected chi connectivity index (χ1v) is 9.11. The van der Waals surface area contributed by atoms with E-state index in [1.807, 2.05) is 0 Å². The van der Waals surface area contributed by atoms with Crippen molar-refractivity contribution in [2.45, 2.75) is 25.8 Å². The molecule has 1 aliphatic heterocycles. The minimum Gasteiger partial charge on any atom is -0.419 e. The molecule has 0 bridgehead atoms. The largest absolute Gasteiger partial charge is 0.419 e. The van der Waals surface area contributed by atoms with Gasteiger partial charge in [0.2, 0.25) is 5.89 Å². The average Bonchev–Trinajstić information content (AvgIpc) is 3.13. The Morgan fingerprint density at radius 1 is 0.962 bits per heavy atom. The van der Waals surface area contributed by atoms with E-state index in [1.54, 1.807) is 18.2 Å². The summed E-state index contributed by atoms with van der Waals surface area (Å²) < 4.78 is 19.5. The van der Waals surface area contributed by atoms with Gasteiger partial charge >= 0.3 is 0 Å². The summed E-state index contributed by atoms with van der Waals surface area (Å²) >= 11 is 0. The van der Waals surface area contributed by atoms with Gasteiger partial charge in [-0.2, -0.15) is 0 Å². The van der Waals surface area contributed by atoms with E-state index in [1.165, 1.54) is 24.5 Å². The number of likely N-dealkylation sites (tertiary alicyclic amines) is 1. The number of piperidine rings is 1. The molecule has 134 valence electrons. The molecule has 2 heterocycles. The highest BCUT2D eigenvalue weighted by Gasteiger charge is 2.21. The van der Waals surface area contributed by atoms with Gasteiger partial charge in [0.05, 0.1) is 12.1 Å². The summed E-state index contributed by atoms with van der Waals surface area (Å²) in [7, 11) is 0. The third kappa shape index (κ3) is 3.99. The van der Waals surface area contributed by atoms with Crippen LogP contribution in [0.1, 0.15) is 24.3 Å². The third-order valence-corrected chi connectivity index (χ3v) is 5.00. The molecule has 5 heteroatoms. The van der Waals surface area contributed by atoms with Gasteiger partial charge in [0.25, 0.3) is 5.89 Å². The summed E-state index contributed by atoms with van der Waals surface area (Å²) in [6, 6.07) is 17.1. The second-order valence-electron chi connectivity index (χ2n) is 6.89. The molecule has 1 fully saturated rings. The molecule has 0 radical (unpaired) electrons. The summed E-state index contributed by atoms with van der Waals surface area (Å²) in [5.74, 6) is 1.18. The number of hydrogen-bond donors (Lipinski definition) is 0. The van der Waals surface area contributed by atoms with Crippen LogP contribution in [0.15, 0.2) is 59.0 Å². The predicted molar refractivity (Wildman–Crippen MR) is 97.8 cm³/mol. The van der Waals surface area contributed by atoms with Crippen LogP contribution in [0.25, 0.3) is 11.5 Å².